The number of sulfonamides is 1. The number of nitrogens with zero attached hydrogens (tertiary/aromatic N) is 1. The van der Waals surface area contributed by atoms with E-state index in [0.29, 0.717) is 11.1 Å². The van der Waals surface area contributed by atoms with Gasteiger partial charge in [0, 0.05) is 6.04 Å². The van der Waals surface area contributed by atoms with Gasteiger partial charge in [-0.05, 0) is 18.6 Å². The fraction of sp³-hybridized carbons (Fsp3) is 0.250. The van der Waals surface area contributed by atoms with E-state index in [1.54, 1.807) is 31.2 Å². The summed E-state index contributed by atoms with van der Waals surface area (Å²) in [4.78, 5) is 0. The molecule has 17 heavy (non-hydrogen) atoms. The van der Waals surface area contributed by atoms with Crippen LogP contribution in [0.3, 0.4) is 0 Å². The van der Waals surface area contributed by atoms with Crippen molar-refractivity contribution in [2.24, 2.45) is 0 Å². The Morgan fingerprint density at radius 2 is 2.18 bits per heavy atom. The van der Waals surface area contributed by atoms with Crippen LogP contribution in [-0.2, 0) is 15.8 Å². The van der Waals surface area contributed by atoms with E-state index in [-0.39, 0.29) is 11.8 Å². The highest BCUT2D eigenvalue weighted by Gasteiger charge is 2.15. The summed E-state index contributed by atoms with van der Waals surface area (Å²) in [5, 5.41) is 8.86. The van der Waals surface area contributed by atoms with Gasteiger partial charge in [0.05, 0.1) is 17.4 Å². The van der Waals surface area contributed by atoms with Crippen molar-refractivity contribution in [1.29, 1.82) is 5.26 Å². The van der Waals surface area contributed by atoms with Gasteiger partial charge in [0.2, 0.25) is 10.0 Å². The van der Waals surface area contributed by atoms with Crippen LogP contribution < -0.4 is 4.72 Å². The van der Waals surface area contributed by atoms with Gasteiger partial charge in [-0.1, -0.05) is 24.3 Å². The van der Waals surface area contributed by atoms with Gasteiger partial charge < -0.3 is 0 Å². The van der Waals surface area contributed by atoms with Gasteiger partial charge in [0.25, 0.3) is 0 Å². The molecule has 0 aliphatic rings. The molecule has 90 valence electrons. The summed E-state index contributed by atoms with van der Waals surface area (Å²) < 4.78 is 26.0. The van der Waals surface area contributed by atoms with Crippen LogP contribution in [0.4, 0.5) is 0 Å². The number of hydrogen-bond acceptors (Lipinski definition) is 3. The van der Waals surface area contributed by atoms with E-state index in [4.69, 9.17) is 5.26 Å². The van der Waals surface area contributed by atoms with E-state index in [9.17, 15) is 8.42 Å². The van der Waals surface area contributed by atoms with Gasteiger partial charge in [-0.3, -0.25) is 0 Å². The minimum absolute atomic E-state index is 0.199. The summed E-state index contributed by atoms with van der Waals surface area (Å²) in [5.74, 6) is -0.199. The first-order valence-corrected chi connectivity index (χ1v) is 6.74. The molecule has 5 heteroatoms. The summed E-state index contributed by atoms with van der Waals surface area (Å²) >= 11 is 0. The minimum atomic E-state index is -3.45. The zero-order chi connectivity index (χ0) is 12.9. The molecule has 4 nitrogen and oxygen atoms in total. The van der Waals surface area contributed by atoms with Crippen LogP contribution in [0.15, 0.2) is 36.9 Å². The molecule has 0 aromatic heterocycles. The van der Waals surface area contributed by atoms with Crippen molar-refractivity contribution in [3.05, 3.63) is 48.0 Å². The molecule has 1 unspecified atom stereocenters. The maximum absolute atomic E-state index is 11.8. The Morgan fingerprint density at radius 1 is 1.53 bits per heavy atom. The summed E-state index contributed by atoms with van der Waals surface area (Å²) in [6.07, 6.45) is 1.51. The summed E-state index contributed by atoms with van der Waals surface area (Å²) in [6.45, 7) is 5.20. The Kier molecular flexibility index (Phi) is 4.44. The van der Waals surface area contributed by atoms with Crippen LogP contribution in [-0.4, -0.2) is 14.5 Å². The van der Waals surface area contributed by atoms with Gasteiger partial charge >= 0.3 is 0 Å². The Labute approximate surface area is 102 Å². The van der Waals surface area contributed by atoms with Gasteiger partial charge in [-0.25, -0.2) is 13.1 Å². The third-order valence-electron chi connectivity index (χ3n) is 2.20. The highest BCUT2D eigenvalue weighted by atomic mass is 32.2. The lowest BCUT2D eigenvalue weighted by atomic mass is 10.1. The van der Waals surface area contributed by atoms with Gasteiger partial charge in [-0.2, -0.15) is 5.26 Å². The molecule has 1 rings (SSSR count). The summed E-state index contributed by atoms with van der Waals surface area (Å²) in [7, 11) is -3.45. The molecule has 1 N–H and O–H groups in total. The number of benzene rings is 1. The summed E-state index contributed by atoms with van der Waals surface area (Å²) in [5.41, 5.74) is 0.878. The van der Waals surface area contributed by atoms with Gasteiger partial charge in [0.15, 0.2) is 0 Å². The second-order valence-corrected chi connectivity index (χ2v) is 5.42. The van der Waals surface area contributed by atoms with Crippen LogP contribution in [0.5, 0.6) is 0 Å². The molecule has 0 radical (unpaired) electrons. The molecule has 0 bridgehead atoms. The molecule has 1 atom stereocenters. The molecule has 0 saturated carbocycles. The molecule has 0 saturated heterocycles. The number of hydrogen-bond donors (Lipinski definition) is 1. The molecule has 0 amide bonds. The van der Waals surface area contributed by atoms with Crippen LogP contribution in [0.2, 0.25) is 0 Å². The van der Waals surface area contributed by atoms with Crippen molar-refractivity contribution in [2.45, 2.75) is 18.7 Å². The van der Waals surface area contributed by atoms with Crippen molar-refractivity contribution in [3.63, 3.8) is 0 Å². The maximum atomic E-state index is 11.8. The predicted molar refractivity (Wildman–Crippen MR) is 66.6 cm³/mol. The molecule has 0 aliphatic heterocycles. The fourth-order valence-electron chi connectivity index (χ4n) is 1.33. The van der Waals surface area contributed by atoms with Gasteiger partial charge in [0.1, 0.15) is 0 Å². The van der Waals surface area contributed by atoms with Gasteiger partial charge in [-0.15, -0.1) is 6.58 Å². The van der Waals surface area contributed by atoms with E-state index in [1.807, 2.05) is 6.07 Å². The quantitative estimate of drug-likeness (QED) is 0.806. The SMILES string of the molecule is C=CC(C)NS(=O)(=O)Cc1ccccc1C#N. The third kappa shape index (κ3) is 4.02. The van der Waals surface area contributed by atoms with E-state index < -0.39 is 10.0 Å². The Morgan fingerprint density at radius 3 is 2.76 bits per heavy atom. The van der Waals surface area contributed by atoms with Crippen LogP contribution in [0.1, 0.15) is 18.1 Å². The lowest BCUT2D eigenvalue weighted by Gasteiger charge is -2.10. The first-order valence-electron chi connectivity index (χ1n) is 5.09. The molecule has 0 fully saturated rings. The maximum Gasteiger partial charge on any atom is 0.216 e. The number of nitrogens with one attached hydrogen (secondary N) is 1. The third-order valence-corrected chi connectivity index (χ3v) is 3.62. The van der Waals surface area contributed by atoms with E-state index in [2.05, 4.69) is 11.3 Å². The first kappa shape index (κ1) is 13.4. The average Bonchev–Trinajstić information content (AvgIpc) is 2.28. The second-order valence-electron chi connectivity index (χ2n) is 3.67. The lowest BCUT2D eigenvalue weighted by Crippen LogP contribution is -2.32. The molecular weight excluding hydrogens is 236 g/mol. The predicted octanol–water partition coefficient (Wildman–Crippen LogP) is 1.55. The van der Waals surface area contributed by atoms with E-state index in [1.165, 1.54) is 6.08 Å². The highest BCUT2D eigenvalue weighted by Crippen LogP contribution is 2.11. The first-order chi connectivity index (χ1) is 7.98. The normalized spacial score (nSPS) is 12.7. The van der Waals surface area contributed by atoms with Crippen molar-refractivity contribution in [1.82, 2.24) is 4.72 Å². The fourth-order valence-corrected chi connectivity index (χ4v) is 2.74. The van der Waals surface area contributed by atoms with Crippen molar-refractivity contribution >= 4 is 10.0 Å². The zero-order valence-corrected chi connectivity index (χ0v) is 10.4. The minimum Gasteiger partial charge on any atom is -0.212 e. The van der Waals surface area contributed by atoms with Crippen LogP contribution in [0, 0.1) is 11.3 Å². The Balaban J connectivity index is 2.91. The zero-order valence-electron chi connectivity index (χ0n) is 9.55. The molecule has 1 aromatic carbocycles. The van der Waals surface area contributed by atoms with Crippen molar-refractivity contribution < 1.29 is 8.42 Å². The van der Waals surface area contributed by atoms with E-state index in [0.717, 1.165) is 0 Å². The molecule has 0 aliphatic carbocycles. The largest absolute Gasteiger partial charge is 0.216 e. The van der Waals surface area contributed by atoms with Crippen molar-refractivity contribution in [3.8, 4) is 6.07 Å². The van der Waals surface area contributed by atoms with Crippen molar-refractivity contribution in [2.75, 3.05) is 0 Å². The molecule has 0 spiro atoms. The molecular formula is C12H14N2O2S. The monoisotopic (exact) mass is 250 g/mol. The Hall–Kier alpha value is -1.64. The van der Waals surface area contributed by atoms with E-state index >= 15 is 0 Å². The summed E-state index contributed by atoms with van der Waals surface area (Å²) in [6, 6.07) is 8.30. The topological polar surface area (TPSA) is 70.0 Å². The van der Waals surface area contributed by atoms with Crippen LogP contribution >= 0.6 is 0 Å². The highest BCUT2D eigenvalue weighted by molar-refractivity contribution is 7.88. The smallest absolute Gasteiger partial charge is 0.212 e. The number of nitriles is 1. The van der Waals surface area contributed by atoms with Crippen LogP contribution in [0.25, 0.3) is 0 Å². The Bertz CT molecular complexity index is 544. The second kappa shape index (κ2) is 5.62. The molecule has 1 aromatic rings. The molecule has 0 heterocycles. The number of rotatable bonds is 5. The lowest BCUT2D eigenvalue weighted by molar-refractivity contribution is 0.575. The average molecular weight is 250 g/mol. The standard InChI is InChI=1S/C12H14N2O2S/c1-3-10(2)14-17(15,16)9-12-7-5-4-6-11(12)8-13/h3-7,10,14H,1,9H2,2H3.